The maximum Gasteiger partial charge on any atom is 0.258 e. The molecule has 2 amide bonds. The van der Waals surface area contributed by atoms with Crippen LogP contribution in [0.15, 0.2) is 52.7 Å². The number of aryl methyl sites for hydroxylation is 1. The van der Waals surface area contributed by atoms with Crippen LogP contribution in [0.4, 0.5) is 5.13 Å². The van der Waals surface area contributed by atoms with Gasteiger partial charge in [0.1, 0.15) is 5.75 Å². The van der Waals surface area contributed by atoms with Crippen LogP contribution in [0.1, 0.15) is 15.9 Å². The maximum absolute atomic E-state index is 12.7. The Morgan fingerprint density at radius 2 is 2.04 bits per heavy atom. The molecule has 3 N–H and O–H groups in total. The molecule has 3 rings (SSSR count). The summed E-state index contributed by atoms with van der Waals surface area (Å²) in [6, 6.07) is 12.9. The van der Waals surface area contributed by atoms with Crippen LogP contribution in [0.3, 0.4) is 0 Å². The molecule has 1 aromatic heterocycles. The normalized spacial score (nSPS) is 10.5. The predicted molar refractivity (Wildman–Crippen MR) is 113 cm³/mol. The van der Waals surface area contributed by atoms with Gasteiger partial charge in [0.05, 0.1) is 24.1 Å². The van der Waals surface area contributed by atoms with Crippen LogP contribution in [-0.2, 0) is 4.79 Å². The molecule has 0 bridgehead atoms. The number of nitrogens with zero attached hydrogens (tertiary/aromatic N) is 1. The molecule has 28 heavy (non-hydrogen) atoms. The van der Waals surface area contributed by atoms with E-state index < -0.39 is 5.91 Å². The number of amides is 2. The number of thiazole rings is 1. The molecule has 0 aliphatic carbocycles. The maximum atomic E-state index is 12.7. The molecular formula is C20H19N3O3S2. The molecule has 0 saturated carbocycles. The number of rotatable bonds is 7. The van der Waals surface area contributed by atoms with E-state index in [9.17, 15) is 9.59 Å². The lowest BCUT2D eigenvalue weighted by Crippen LogP contribution is -2.15. The first-order valence-corrected chi connectivity index (χ1v) is 10.3. The predicted octanol–water partition coefficient (Wildman–Crippen LogP) is 3.96. The van der Waals surface area contributed by atoms with Gasteiger partial charge in [0, 0.05) is 15.8 Å². The average Bonchev–Trinajstić information content (AvgIpc) is 3.14. The van der Waals surface area contributed by atoms with Crippen molar-refractivity contribution in [2.24, 2.45) is 5.73 Å². The van der Waals surface area contributed by atoms with E-state index in [4.69, 9.17) is 10.5 Å². The number of methoxy groups -OCH3 is 1. The van der Waals surface area contributed by atoms with Crippen molar-refractivity contribution in [3.8, 4) is 17.0 Å². The van der Waals surface area contributed by atoms with Crippen molar-refractivity contribution in [3.63, 3.8) is 0 Å². The Morgan fingerprint density at radius 3 is 2.79 bits per heavy atom. The highest BCUT2D eigenvalue weighted by atomic mass is 32.2. The smallest absolute Gasteiger partial charge is 0.258 e. The first-order valence-electron chi connectivity index (χ1n) is 8.40. The van der Waals surface area contributed by atoms with Gasteiger partial charge in [-0.15, -0.1) is 23.1 Å². The number of hydrogen-bond donors (Lipinski definition) is 2. The summed E-state index contributed by atoms with van der Waals surface area (Å²) in [5.41, 5.74) is 8.37. The van der Waals surface area contributed by atoms with Crippen LogP contribution < -0.4 is 15.8 Å². The van der Waals surface area contributed by atoms with Crippen molar-refractivity contribution in [3.05, 3.63) is 59.0 Å². The van der Waals surface area contributed by atoms with Gasteiger partial charge in [0.25, 0.3) is 5.91 Å². The summed E-state index contributed by atoms with van der Waals surface area (Å²) in [5.74, 6) is 0.113. The van der Waals surface area contributed by atoms with Crippen molar-refractivity contribution in [2.45, 2.75) is 11.8 Å². The number of hydrogen-bond acceptors (Lipinski definition) is 6. The van der Waals surface area contributed by atoms with E-state index in [-0.39, 0.29) is 11.7 Å². The fourth-order valence-electron chi connectivity index (χ4n) is 2.57. The zero-order valence-electron chi connectivity index (χ0n) is 15.4. The summed E-state index contributed by atoms with van der Waals surface area (Å²) in [7, 11) is 1.61. The van der Waals surface area contributed by atoms with E-state index in [1.165, 1.54) is 23.1 Å². The molecule has 8 heteroatoms. The molecule has 0 unspecified atom stereocenters. The van der Waals surface area contributed by atoms with Crippen LogP contribution in [0.5, 0.6) is 5.75 Å². The quantitative estimate of drug-likeness (QED) is 0.572. The minimum Gasteiger partial charge on any atom is -0.496 e. The van der Waals surface area contributed by atoms with E-state index in [1.807, 2.05) is 36.6 Å². The standard InChI is InChI=1S/C20H19N3O3S2/c1-12-7-8-16(26-2)14(9-12)15-10-28-20(22-15)23-19(25)13-5-3-4-6-17(13)27-11-18(21)24/h3-10H,11H2,1-2H3,(H2,21,24)(H,22,23,25). The number of carbonyl (C=O) groups excluding carboxylic acids is 2. The lowest BCUT2D eigenvalue weighted by Gasteiger charge is -2.08. The third-order valence-corrected chi connectivity index (χ3v) is 5.71. The number of thioether (sulfide) groups is 1. The molecule has 3 aromatic rings. The molecule has 1 heterocycles. The fourth-order valence-corrected chi connectivity index (χ4v) is 4.06. The van der Waals surface area contributed by atoms with E-state index in [0.29, 0.717) is 15.6 Å². The number of ether oxygens (including phenoxy) is 1. The van der Waals surface area contributed by atoms with Gasteiger partial charge in [0.2, 0.25) is 5.91 Å². The molecule has 0 aliphatic heterocycles. The van der Waals surface area contributed by atoms with Crippen LogP contribution in [-0.4, -0.2) is 29.7 Å². The number of benzene rings is 2. The number of carbonyl (C=O) groups is 2. The average molecular weight is 414 g/mol. The Bertz CT molecular complexity index is 1020. The topological polar surface area (TPSA) is 94.3 Å². The minimum atomic E-state index is -0.433. The second-order valence-electron chi connectivity index (χ2n) is 5.95. The summed E-state index contributed by atoms with van der Waals surface area (Å²) >= 11 is 2.57. The van der Waals surface area contributed by atoms with Gasteiger partial charge in [0.15, 0.2) is 5.13 Å². The lowest BCUT2D eigenvalue weighted by atomic mass is 10.1. The minimum absolute atomic E-state index is 0.110. The van der Waals surface area contributed by atoms with Crippen molar-refractivity contribution in [1.29, 1.82) is 0 Å². The molecular weight excluding hydrogens is 394 g/mol. The summed E-state index contributed by atoms with van der Waals surface area (Å²) < 4.78 is 5.41. The van der Waals surface area contributed by atoms with E-state index >= 15 is 0 Å². The molecule has 0 spiro atoms. The molecule has 2 aromatic carbocycles. The van der Waals surface area contributed by atoms with Crippen molar-refractivity contribution in [1.82, 2.24) is 4.98 Å². The third-order valence-electron chi connectivity index (χ3n) is 3.86. The molecule has 0 aliphatic rings. The number of anilines is 1. The Morgan fingerprint density at radius 1 is 1.25 bits per heavy atom. The van der Waals surface area contributed by atoms with Crippen LogP contribution >= 0.6 is 23.1 Å². The van der Waals surface area contributed by atoms with Gasteiger partial charge >= 0.3 is 0 Å². The Kier molecular flexibility index (Phi) is 6.33. The molecule has 0 fully saturated rings. The largest absolute Gasteiger partial charge is 0.496 e. The van der Waals surface area contributed by atoms with Gasteiger partial charge in [-0.3, -0.25) is 14.9 Å². The van der Waals surface area contributed by atoms with Gasteiger partial charge in [-0.05, 0) is 31.2 Å². The highest BCUT2D eigenvalue weighted by Gasteiger charge is 2.15. The molecule has 6 nitrogen and oxygen atoms in total. The number of nitrogens with one attached hydrogen (secondary N) is 1. The Labute approximate surface area is 171 Å². The number of aromatic nitrogens is 1. The SMILES string of the molecule is COc1ccc(C)cc1-c1csc(NC(=O)c2ccccc2SCC(N)=O)n1. The second-order valence-corrected chi connectivity index (χ2v) is 7.82. The molecule has 0 atom stereocenters. The summed E-state index contributed by atoms with van der Waals surface area (Å²) in [5, 5.41) is 5.19. The summed E-state index contributed by atoms with van der Waals surface area (Å²) in [6.45, 7) is 2.00. The zero-order chi connectivity index (χ0) is 20.1. The zero-order valence-corrected chi connectivity index (χ0v) is 17.0. The van der Waals surface area contributed by atoms with Crippen LogP contribution in [0.2, 0.25) is 0 Å². The highest BCUT2D eigenvalue weighted by molar-refractivity contribution is 8.00. The lowest BCUT2D eigenvalue weighted by molar-refractivity contribution is -0.115. The summed E-state index contributed by atoms with van der Waals surface area (Å²) in [4.78, 5) is 29.0. The molecule has 0 radical (unpaired) electrons. The van der Waals surface area contributed by atoms with Crippen LogP contribution in [0, 0.1) is 6.92 Å². The van der Waals surface area contributed by atoms with Crippen molar-refractivity contribution in [2.75, 3.05) is 18.2 Å². The second kappa shape index (κ2) is 8.90. The van der Waals surface area contributed by atoms with Crippen molar-refractivity contribution < 1.29 is 14.3 Å². The Balaban J connectivity index is 1.80. The Hall–Kier alpha value is -2.84. The molecule has 0 saturated heterocycles. The first-order chi connectivity index (χ1) is 13.5. The van der Waals surface area contributed by atoms with Gasteiger partial charge in [-0.25, -0.2) is 4.98 Å². The third kappa shape index (κ3) is 4.71. The molecule has 144 valence electrons. The summed E-state index contributed by atoms with van der Waals surface area (Å²) in [6.07, 6.45) is 0. The van der Waals surface area contributed by atoms with Gasteiger partial charge in [-0.2, -0.15) is 0 Å². The van der Waals surface area contributed by atoms with Gasteiger partial charge in [-0.1, -0.05) is 23.8 Å². The monoisotopic (exact) mass is 413 g/mol. The van der Waals surface area contributed by atoms with E-state index in [0.717, 1.165) is 22.6 Å². The highest BCUT2D eigenvalue weighted by Crippen LogP contribution is 2.33. The van der Waals surface area contributed by atoms with Crippen LogP contribution in [0.25, 0.3) is 11.3 Å². The fraction of sp³-hybridized carbons (Fsp3) is 0.150. The van der Waals surface area contributed by atoms with E-state index in [2.05, 4.69) is 10.3 Å². The van der Waals surface area contributed by atoms with Crippen molar-refractivity contribution >= 4 is 40.0 Å². The van der Waals surface area contributed by atoms with Gasteiger partial charge < -0.3 is 10.5 Å². The first kappa shape index (κ1) is 19.9. The van der Waals surface area contributed by atoms with E-state index in [1.54, 1.807) is 25.3 Å². The number of nitrogens with two attached hydrogens (primary N) is 1. The number of primary amides is 1.